The van der Waals surface area contributed by atoms with Crippen LogP contribution in [0.5, 0.6) is 0 Å². The van der Waals surface area contributed by atoms with Crippen molar-refractivity contribution in [2.75, 3.05) is 5.32 Å². The van der Waals surface area contributed by atoms with Gasteiger partial charge in [-0.25, -0.2) is 0 Å². The number of benzene rings is 2. The van der Waals surface area contributed by atoms with Crippen LogP contribution in [0, 0.1) is 0 Å². The highest BCUT2D eigenvalue weighted by Crippen LogP contribution is 2.32. The summed E-state index contributed by atoms with van der Waals surface area (Å²) in [5.74, 6) is 0.185. The third kappa shape index (κ3) is 2.00. The minimum Gasteiger partial charge on any atom is -0.377 e. The maximum absolute atomic E-state index is 12.1. The van der Waals surface area contributed by atoms with Crippen molar-refractivity contribution in [3.63, 3.8) is 0 Å². The Morgan fingerprint density at radius 2 is 1.78 bits per heavy atom. The number of halogens is 1. The summed E-state index contributed by atoms with van der Waals surface area (Å²) in [6.07, 6.45) is 0.485. The van der Waals surface area contributed by atoms with Crippen molar-refractivity contribution in [2.24, 2.45) is 0 Å². The van der Waals surface area contributed by atoms with Crippen LogP contribution in [-0.4, -0.2) is 5.78 Å². The first-order chi connectivity index (χ1) is 8.74. The molecule has 3 heteroatoms. The first kappa shape index (κ1) is 11.3. The van der Waals surface area contributed by atoms with E-state index in [0.29, 0.717) is 11.4 Å². The van der Waals surface area contributed by atoms with E-state index in [1.165, 1.54) is 0 Å². The van der Waals surface area contributed by atoms with Gasteiger partial charge in [-0.2, -0.15) is 0 Å². The number of hydrogen-bond donors (Lipinski definition) is 1. The van der Waals surface area contributed by atoms with E-state index in [4.69, 9.17) is 11.6 Å². The van der Waals surface area contributed by atoms with Crippen LogP contribution < -0.4 is 5.32 Å². The number of rotatable bonds is 1. The number of fused-ring (bicyclic) bond motifs is 1. The van der Waals surface area contributed by atoms with E-state index in [-0.39, 0.29) is 11.8 Å². The molecule has 0 spiro atoms. The van der Waals surface area contributed by atoms with Crippen molar-refractivity contribution in [1.29, 1.82) is 0 Å². The van der Waals surface area contributed by atoms with Gasteiger partial charge in [0.2, 0.25) is 0 Å². The van der Waals surface area contributed by atoms with Crippen LogP contribution in [0.3, 0.4) is 0 Å². The third-order valence-electron chi connectivity index (χ3n) is 3.22. The molecule has 0 aliphatic carbocycles. The van der Waals surface area contributed by atoms with Gasteiger partial charge in [-0.05, 0) is 29.8 Å². The second kappa shape index (κ2) is 4.46. The number of para-hydroxylation sites is 1. The highest BCUT2D eigenvalue weighted by molar-refractivity contribution is 6.30. The molecule has 0 saturated heterocycles. The predicted molar refractivity (Wildman–Crippen MR) is 73.2 cm³/mol. The lowest BCUT2D eigenvalue weighted by molar-refractivity contribution is 0.0972. The van der Waals surface area contributed by atoms with Crippen molar-refractivity contribution in [3.8, 4) is 0 Å². The number of carbonyl (C=O) groups excluding carboxylic acids is 1. The molecule has 1 unspecified atom stereocenters. The normalized spacial score (nSPS) is 18.1. The molecule has 0 aromatic heterocycles. The summed E-state index contributed by atoms with van der Waals surface area (Å²) >= 11 is 5.87. The molecule has 2 aromatic rings. The molecule has 90 valence electrons. The molecule has 3 rings (SSSR count). The standard InChI is InChI=1S/C15H12ClNO/c16-11-7-5-10(6-8-11)14-9-15(18)12-3-1-2-4-13(12)17-14/h1-8,14,17H,9H2. The zero-order valence-corrected chi connectivity index (χ0v) is 10.4. The Labute approximate surface area is 111 Å². The molecule has 1 heterocycles. The summed E-state index contributed by atoms with van der Waals surface area (Å²) in [5, 5.41) is 4.11. The Hall–Kier alpha value is -1.80. The summed E-state index contributed by atoms with van der Waals surface area (Å²) in [6, 6.07) is 15.3. The van der Waals surface area contributed by atoms with Gasteiger partial charge in [-0.1, -0.05) is 35.9 Å². The van der Waals surface area contributed by atoms with E-state index in [9.17, 15) is 4.79 Å². The third-order valence-corrected chi connectivity index (χ3v) is 3.47. The first-order valence-corrected chi connectivity index (χ1v) is 6.26. The lowest BCUT2D eigenvalue weighted by atomic mass is 9.92. The Balaban J connectivity index is 1.94. The smallest absolute Gasteiger partial charge is 0.167 e. The van der Waals surface area contributed by atoms with Crippen molar-refractivity contribution in [1.82, 2.24) is 0 Å². The topological polar surface area (TPSA) is 29.1 Å². The van der Waals surface area contributed by atoms with Crippen molar-refractivity contribution in [3.05, 3.63) is 64.7 Å². The summed E-state index contributed by atoms with van der Waals surface area (Å²) in [4.78, 5) is 12.1. The van der Waals surface area contributed by atoms with Gasteiger partial charge in [-0.15, -0.1) is 0 Å². The quantitative estimate of drug-likeness (QED) is 0.834. The predicted octanol–water partition coefficient (Wildman–Crippen LogP) is 4.08. The summed E-state index contributed by atoms with van der Waals surface area (Å²) < 4.78 is 0. The minimum atomic E-state index is 0.0321. The van der Waals surface area contributed by atoms with Gasteiger partial charge in [-0.3, -0.25) is 4.79 Å². The molecule has 0 radical (unpaired) electrons. The number of hydrogen-bond acceptors (Lipinski definition) is 2. The lowest BCUT2D eigenvalue weighted by Gasteiger charge is -2.26. The molecule has 1 aliphatic rings. The van der Waals surface area contributed by atoms with Gasteiger partial charge in [0.1, 0.15) is 0 Å². The Bertz CT molecular complexity index is 592. The Morgan fingerprint density at radius 3 is 2.56 bits per heavy atom. The van der Waals surface area contributed by atoms with Crippen LogP contribution >= 0.6 is 11.6 Å². The largest absolute Gasteiger partial charge is 0.377 e. The molecule has 0 bridgehead atoms. The fourth-order valence-electron chi connectivity index (χ4n) is 2.28. The monoisotopic (exact) mass is 257 g/mol. The molecular formula is C15H12ClNO. The van der Waals surface area contributed by atoms with Gasteiger partial charge in [0.05, 0.1) is 6.04 Å². The Kier molecular flexibility index (Phi) is 2.80. The number of nitrogens with one attached hydrogen (secondary N) is 1. The number of ketones is 1. The minimum absolute atomic E-state index is 0.0321. The number of anilines is 1. The number of carbonyl (C=O) groups is 1. The molecule has 0 saturated carbocycles. The second-order valence-electron chi connectivity index (χ2n) is 4.42. The zero-order chi connectivity index (χ0) is 12.5. The van der Waals surface area contributed by atoms with E-state index in [0.717, 1.165) is 16.8 Å². The van der Waals surface area contributed by atoms with Crippen LogP contribution in [0.2, 0.25) is 5.02 Å². The van der Waals surface area contributed by atoms with Crippen molar-refractivity contribution < 1.29 is 4.79 Å². The molecule has 0 amide bonds. The van der Waals surface area contributed by atoms with Crippen LogP contribution in [-0.2, 0) is 0 Å². The zero-order valence-electron chi connectivity index (χ0n) is 9.69. The van der Waals surface area contributed by atoms with Crippen molar-refractivity contribution in [2.45, 2.75) is 12.5 Å². The maximum atomic E-state index is 12.1. The van der Waals surface area contributed by atoms with Crippen molar-refractivity contribution >= 4 is 23.1 Å². The summed E-state index contributed by atoms with van der Waals surface area (Å²) in [6.45, 7) is 0. The fraction of sp³-hybridized carbons (Fsp3) is 0.133. The second-order valence-corrected chi connectivity index (χ2v) is 4.86. The molecule has 1 N–H and O–H groups in total. The SMILES string of the molecule is O=C1CC(c2ccc(Cl)cc2)Nc2ccccc21. The van der Waals surface area contributed by atoms with E-state index in [1.807, 2.05) is 48.5 Å². The summed E-state index contributed by atoms with van der Waals surface area (Å²) in [5.41, 5.74) is 2.78. The molecule has 2 nitrogen and oxygen atoms in total. The molecule has 2 aromatic carbocycles. The van der Waals surface area contributed by atoms with Crippen LogP contribution in [0.25, 0.3) is 0 Å². The van der Waals surface area contributed by atoms with Crippen LogP contribution in [0.4, 0.5) is 5.69 Å². The molecule has 1 aliphatic heterocycles. The highest BCUT2D eigenvalue weighted by Gasteiger charge is 2.24. The van der Waals surface area contributed by atoms with Gasteiger partial charge in [0, 0.05) is 22.7 Å². The van der Waals surface area contributed by atoms with E-state index in [1.54, 1.807) is 0 Å². The van der Waals surface area contributed by atoms with Crippen LogP contribution in [0.1, 0.15) is 28.4 Å². The van der Waals surface area contributed by atoms with E-state index in [2.05, 4.69) is 5.32 Å². The van der Waals surface area contributed by atoms with Crippen LogP contribution in [0.15, 0.2) is 48.5 Å². The molecular weight excluding hydrogens is 246 g/mol. The molecule has 1 atom stereocenters. The van der Waals surface area contributed by atoms with Gasteiger partial charge >= 0.3 is 0 Å². The highest BCUT2D eigenvalue weighted by atomic mass is 35.5. The van der Waals surface area contributed by atoms with E-state index >= 15 is 0 Å². The van der Waals surface area contributed by atoms with Gasteiger partial charge in [0.15, 0.2) is 5.78 Å². The van der Waals surface area contributed by atoms with Gasteiger partial charge in [0.25, 0.3) is 0 Å². The number of Topliss-reactive ketones (excluding diaryl/α,β-unsaturated/α-hetero) is 1. The lowest BCUT2D eigenvalue weighted by Crippen LogP contribution is -2.22. The fourth-order valence-corrected chi connectivity index (χ4v) is 2.41. The average molecular weight is 258 g/mol. The van der Waals surface area contributed by atoms with Gasteiger partial charge < -0.3 is 5.32 Å². The average Bonchev–Trinajstić information content (AvgIpc) is 2.39. The summed E-state index contributed by atoms with van der Waals surface area (Å²) in [7, 11) is 0. The van der Waals surface area contributed by atoms with E-state index < -0.39 is 0 Å². The molecule has 18 heavy (non-hydrogen) atoms. The first-order valence-electron chi connectivity index (χ1n) is 5.88. The molecule has 0 fully saturated rings. The Morgan fingerprint density at radius 1 is 1.06 bits per heavy atom. The maximum Gasteiger partial charge on any atom is 0.167 e.